The first-order valence-corrected chi connectivity index (χ1v) is 7.96. The smallest absolute Gasteiger partial charge is 0.311 e. The Bertz CT molecular complexity index is 596. The fraction of sp³-hybridized carbons (Fsp3) is 0.500. The third-order valence-electron chi connectivity index (χ3n) is 4.85. The Balaban J connectivity index is 1.93. The molecule has 1 amide bonds. The molecule has 1 saturated heterocycles. The van der Waals surface area contributed by atoms with Crippen LogP contribution in [0.15, 0.2) is 30.3 Å². The molecule has 0 bridgehead atoms. The summed E-state index contributed by atoms with van der Waals surface area (Å²) in [6.07, 6.45) is 0.751. The zero-order valence-corrected chi connectivity index (χ0v) is 13.6. The Morgan fingerprint density at radius 1 is 1.17 bits per heavy atom. The molecule has 5 nitrogen and oxygen atoms in total. The maximum absolute atomic E-state index is 12.3. The molecule has 1 aliphatic rings. The highest BCUT2D eigenvalue weighted by atomic mass is 16.4. The van der Waals surface area contributed by atoms with Crippen molar-refractivity contribution < 1.29 is 19.5 Å². The van der Waals surface area contributed by atoms with Gasteiger partial charge in [-0.05, 0) is 12.3 Å². The highest BCUT2D eigenvalue weighted by Crippen LogP contribution is 2.38. The second-order valence-corrected chi connectivity index (χ2v) is 6.47. The van der Waals surface area contributed by atoms with E-state index in [1.165, 1.54) is 0 Å². The fourth-order valence-corrected chi connectivity index (χ4v) is 3.09. The molecule has 1 atom stereocenters. The number of amides is 1. The quantitative estimate of drug-likeness (QED) is 0.818. The Morgan fingerprint density at radius 2 is 1.83 bits per heavy atom. The summed E-state index contributed by atoms with van der Waals surface area (Å²) in [5.41, 5.74) is -0.261. The molecule has 1 N–H and O–H groups in total. The molecule has 2 rings (SSSR count). The van der Waals surface area contributed by atoms with Crippen LogP contribution < -0.4 is 0 Å². The van der Waals surface area contributed by atoms with Crippen LogP contribution in [-0.2, 0) is 9.59 Å². The van der Waals surface area contributed by atoms with Crippen LogP contribution in [0.4, 0.5) is 0 Å². The zero-order valence-electron chi connectivity index (χ0n) is 13.6. The molecule has 0 saturated carbocycles. The lowest BCUT2D eigenvalue weighted by Crippen LogP contribution is -2.40. The van der Waals surface area contributed by atoms with E-state index < -0.39 is 11.4 Å². The number of carbonyl (C=O) groups excluding carboxylic acids is 2. The van der Waals surface area contributed by atoms with Gasteiger partial charge in [-0.15, -0.1) is 0 Å². The SMILES string of the molecule is CC(C)C1(C(=O)O)CCN(C(=O)CCC(=O)c2ccccc2)C1. The van der Waals surface area contributed by atoms with Crippen LogP contribution in [0.3, 0.4) is 0 Å². The predicted octanol–water partition coefficient (Wildman–Crippen LogP) is 2.61. The van der Waals surface area contributed by atoms with Gasteiger partial charge in [0.15, 0.2) is 5.78 Å². The molecule has 1 fully saturated rings. The van der Waals surface area contributed by atoms with Crippen molar-refractivity contribution in [1.29, 1.82) is 0 Å². The number of likely N-dealkylation sites (tertiary alicyclic amines) is 1. The molecule has 1 aromatic carbocycles. The maximum atomic E-state index is 12.3. The van der Waals surface area contributed by atoms with E-state index in [0.29, 0.717) is 18.5 Å². The highest BCUT2D eigenvalue weighted by Gasteiger charge is 2.48. The molecule has 0 aromatic heterocycles. The van der Waals surface area contributed by atoms with E-state index in [9.17, 15) is 19.5 Å². The number of rotatable bonds is 6. The van der Waals surface area contributed by atoms with Gasteiger partial charge >= 0.3 is 5.97 Å². The molecule has 1 aromatic rings. The summed E-state index contributed by atoms with van der Waals surface area (Å²) in [7, 11) is 0. The van der Waals surface area contributed by atoms with E-state index in [0.717, 1.165) is 0 Å². The van der Waals surface area contributed by atoms with Crippen molar-refractivity contribution in [3.05, 3.63) is 35.9 Å². The summed E-state index contributed by atoms with van der Waals surface area (Å²) >= 11 is 0. The first-order chi connectivity index (χ1) is 10.9. The van der Waals surface area contributed by atoms with Crippen LogP contribution in [0.25, 0.3) is 0 Å². The average molecular weight is 317 g/mol. The number of hydrogen-bond acceptors (Lipinski definition) is 3. The zero-order chi connectivity index (χ0) is 17.0. The molecule has 1 aliphatic heterocycles. The molecular weight excluding hydrogens is 294 g/mol. The van der Waals surface area contributed by atoms with Crippen LogP contribution in [0.2, 0.25) is 0 Å². The number of hydrogen-bond donors (Lipinski definition) is 1. The minimum atomic E-state index is -0.862. The third-order valence-corrected chi connectivity index (χ3v) is 4.85. The van der Waals surface area contributed by atoms with Crippen molar-refractivity contribution in [2.45, 2.75) is 33.1 Å². The molecule has 0 spiro atoms. The Hall–Kier alpha value is -2.17. The molecule has 5 heteroatoms. The monoisotopic (exact) mass is 317 g/mol. The number of benzene rings is 1. The van der Waals surface area contributed by atoms with Gasteiger partial charge in [-0.2, -0.15) is 0 Å². The van der Waals surface area contributed by atoms with Gasteiger partial charge < -0.3 is 10.0 Å². The normalized spacial score (nSPS) is 20.7. The summed E-state index contributed by atoms with van der Waals surface area (Å²) < 4.78 is 0. The fourth-order valence-electron chi connectivity index (χ4n) is 3.09. The summed E-state index contributed by atoms with van der Waals surface area (Å²) in [6, 6.07) is 8.88. The molecule has 1 unspecified atom stereocenters. The summed E-state index contributed by atoms with van der Waals surface area (Å²) in [4.78, 5) is 37.5. The summed E-state index contributed by atoms with van der Waals surface area (Å²) in [6.45, 7) is 4.43. The molecule has 0 aliphatic carbocycles. The first kappa shape index (κ1) is 17.2. The summed E-state index contributed by atoms with van der Waals surface area (Å²) in [5, 5.41) is 9.51. The van der Waals surface area contributed by atoms with Crippen molar-refractivity contribution in [2.75, 3.05) is 13.1 Å². The van der Waals surface area contributed by atoms with Crippen molar-refractivity contribution >= 4 is 17.7 Å². The van der Waals surface area contributed by atoms with Gasteiger partial charge in [0, 0.05) is 31.5 Å². The topological polar surface area (TPSA) is 74.7 Å². The predicted molar refractivity (Wildman–Crippen MR) is 86.1 cm³/mol. The maximum Gasteiger partial charge on any atom is 0.311 e. The molecule has 124 valence electrons. The second kappa shape index (κ2) is 6.94. The van der Waals surface area contributed by atoms with E-state index in [-0.39, 0.29) is 37.0 Å². The van der Waals surface area contributed by atoms with Gasteiger partial charge in [-0.1, -0.05) is 44.2 Å². The number of nitrogens with zero attached hydrogens (tertiary/aromatic N) is 1. The van der Waals surface area contributed by atoms with Crippen LogP contribution in [-0.4, -0.2) is 40.8 Å². The minimum absolute atomic E-state index is 0.0382. The third kappa shape index (κ3) is 3.60. The van der Waals surface area contributed by atoms with Gasteiger partial charge in [-0.25, -0.2) is 0 Å². The molecular formula is C18H23NO4. The Morgan fingerprint density at radius 3 is 2.35 bits per heavy atom. The number of aliphatic carboxylic acids is 1. The Labute approximate surface area is 136 Å². The highest BCUT2D eigenvalue weighted by molar-refractivity contribution is 5.98. The van der Waals surface area contributed by atoms with E-state index in [2.05, 4.69) is 0 Å². The number of carboxylic acids is 1. The van der Waals surface area contributed by atoms with Crippen LogP contribution in [0.5, 0.6) is 0 Å². The minimum Gasteiger partial charge on any atom is -0.481 e. The van der Waals surface area contributed by atoms with Crippen molar-refractivity contribution in [2.24, 2.45) is 11.3 Å². The lowest BCUT2D eigenvalue weighted by Gasteiger charge is -2.28. The van der Waals surface area contributed by atoms with Crippen LogP contribution >= 0.6 is 0 Å². The van der Waals surface area contributed by atoms with Gasteiger partial charge in [0.25, 0.3) is 0 Å². The van der Waals surface area contributed by atoms with E-state index >= 15 is 0 Å². The average Bonchev–Trinajstić information content (AvgIpc) is 3.00. The van der Waals surface area contributed by atoms with Crippen LogP contribution in [0.1, 0.15) is 43.5 Å². The number of carboxylic acid groups (broad SMARTS) is 1. The molecule has 23 heavy (non-hydrogen) atoms. The van der Waals surface area contributed by atoms with E-state index in [1.54, 1.807) is 29.2 Å². The van der Waals surface area contributed by atoms with Gasteiger partial charge in [0.05, 0.1) is 5.41 Å². The first-order valence-electron chi connectivity index (χ1n) is 7.96. The summed E-state index contributed by atoms with van der Waals surface area (Å²) in [5.74, 6) is -1.09. The van der Waals surface area contributed by atoms with E-state index in [1.807, 2.05) is 19.9 Å². The largest absolute Gasteiger partial charge is 0.481 e. The number of Topliss-reactive ketones (excluding diaryl/α,β-unsaturated/α-hetero) is 1. The number of ketones is 1. The standard InChI is InChI=1S/C18H23NO4/c1-13(2)18(17(22)23)10-11-19(12-18)16(21)9-8-15(20)14-6-4-3-5-7-14/h3-7,13H,8-12H2,1-2H3,(H,22,23). The molecule has 1 heterocycles. The van der Waals surface area contributed by atoms with Crippen LogP contribution in [0, 0.1) is 11.3 Å². The Kier molecular flexibility index (Phi) is 5.19. The second-order valence-electron chi connectivity index (χ2n) is 6.47. The number of carbonyl (C=O) groups is 3. The lowest BCUT2D eigenvalue weighted by molar-refractivity contribution is -0.151. The van der Waals surface area contributed by atoms with Gasteiger partial charge in [-0.3, -0.25) is 14.4 Å². The van der Waals surface area contributed by atoms with Crippen molar-refractivity contribution in [3.8, 4) is 0 Å². The lowest BCUT2D eigenvalue weighted by atomic mass is 9.76. The van der Waals surface area contributed by atoms with E-state index in [4.69, 9.17) is 0 Å². The van der Waals surface area contributed by atoms with Gasteiger partial charge in [0.1, 0.15) is 0 Å². The molecule has 0 radical (unpaired) electrons. The van der Waals surface area contributed by atoms with Crippen molar-refractivity contribution in [3.63, 3.8) is 0 Å². The van der Waals surface area contributed by atoms with Crippen molar-refractivity contribution in [1.82, 2.24) is 4.90 Å². The van der Waals surface area contributed by atoms with Gasteiger partial charge in [0.2, 0.25) is 5.91 Å².